The molecule has 9 nitrogen and oxygen atoms in total. The maximum absolute atomic E-state index is 13.4. The molecule has 3 heterocycles. The second kappa shape index (κ2) is 9.80. The van der Waals surface area contributed by atoms with Gasteiger partial charge in [0.15, 0.2) is 9.92 Å². The highest BCUT2D eigenvalue weighted by atomic mass is 35.5. The van der Waals surface area contributed by atoms with E-state index in [-0.39, 0.29) is 41.1 Å². The van der Waals surface area contributed by atoms with Crippen LogP contribution in [0.5, 0.6) is 5.88 Å². The largest absolute Gasteiger partial charge is 0.471 e. The monoisotopic (exact) mass is 514 g/mol. The first-order valence-electron chi connectivity index (χ1n) is 11.1. The molecule has 3 aromatic rings. The molecule has 0 saturated carbocycles. The topological polar surface area (TPSA) is 120 Å². The first-order chi connectivity index (χ1) is 16.3. The van der Waals surface area contributed by atoms with E-state index in [2.05, 4.69) is 20.0 Å². The van der Waals surface area contributed by atoms with Crippen molar-refractivity contribution < 1.29 is 13.7 Å². The predicted molar refractivity (Wildman–Crippen MR) is 137 cm³/mol. The van der Waals surface area contributed by atoms with Crippen LogP contribution in [0.15, 0.2) is 53.4 Å². The van der Waals surface area contributed by atoms with E-state index in [4.69, 9.17) is 9.52 Å². The number of aryl methyl sites for hydroxylation is 2. The summed E-state index contributed by atoms with van der Waals surface area (Å²) in [5.74, 6) is 0.129. The van der Waals surface area contributed by atoms with Crippen LogP contribution in [0.25, 0.3) is 11.3 Å². The minimum Gasteiger partial charge on any atom is -0.471 e. The zero-order valence-corrected chi connectivity index (χ0v) is 21.0. The van der Waals surface area contributed by atoms with Crippen molar-refractivity contribution in [3.8, 4) is 17.1 Å². The molecule has 11 heteroatoms. The fourth-order valence-electron chi connectivity index (χ4n) is 4.37. The molecule has 1 aromatic heterocycles. The quantitative estimate of drug-likeness (QED) is 0.457. The maximum atomic E-state index is 13.4. The maximum Gasteiger partial charge on any atom is 0.254 e. The smallest absolute Gasteiger partial charge is 0.254 e. The normalized spacial score (nSPS) is 21.7. The molecule has 1 fully saturated rings. The van der Waals surface area contributed by atoms with Crippen LogP contribution in [-0.2, 0) is 9.92 Å². The van der Waals surface area contributed by atoms with Crippen LogP contribution in [0.2, 0.25) is 0 Å². The molecule has 5 rings (SSSR count). The molecule has 184 valence electrons. The SMILES string of the molecule is Cc1cccc(C)c1-c1cc2nc(n1)NS(=N)(=O)c1cccc(c1)C(=O)N1CCNCC(C1)O2.Cl. The Morgan fingerprint density at radius 2 is 1.86 bits per heavy atom. The number of nitrogens with zero attached hydrogens (tertiary/aromatic N) is 3. The molecule has 1 saturated heterocycles. The molecule has 6 bridgehead atoms. The Morgan fingerprint density at radius 3 is 2.63 bits per heavy atom. The van der Waals surface area contributed by atoms with Crippen molar-refractivity contribution in [1.29, 1.82) is 4.78 Å². The molecule has 0 aliphatic carbocycles. The second-order valence-electron chi connectivity index (χ2n) is 8.56. The van der Waals surface area contributed by atoms with Crippen molar-refractivity contribution in [1.82, 2.24) is 20.2 Å². The Kier molecular flexibility index (Phi) is 6.98. The number of anilines is 1. The molecule has 2 aromatic carbocycles. The molecule has 3 N–H and O–H groups in total. The lowest BCUT2D eigenvalue weighted by molar-refractivity contribution is 0.0693. The second-order valence-corrected chi connectivity index (χ2v) is 10.4. The van der Waals surface area contributed by atoms with Gasteiger partial charge < -0.3 is 15.0 Å². The van der Waals surface area contributed by atoms with E-state index in [1.807, 2.05) is 32.0 Å². The molecular weight excluding hydrogens is 488 g/mol. The highest BCUT2D eigenvalue weighted by molar-refractivity contribution is 7.93. The van der Waals surface area contributed by atoms with Crippen molar-refractivity contribution >= 4 is 34.2 Å². The Labute approximate surface area is 210 Å². The van der Waals surface area contributed by atoms with Gasteiger partial charge in [-0.15, -0.1) is 12.4 Å². The van der Waals surface area contributed by atoms with Gasteiger partial charge in [-0.25, -0.2) is 14.0 Å². The molecule has 2 unspecified atom stereocenters. The van der Waals surface area contributed by atoms with E-state index in [1.54, 1.807) is 29.2 Å². The standard InChI is InChI=1S/C24H26N6O3S.ClH/c1-15-5-3-6-16(2)22(15)20-12-21-28-24(27-20)29-34(25,32)19-8-4-7-17(11-19)23(31)30-10-9-26-13-18(14-30)33-21;/h3-8,11-12,18,26H,9-10,13-14H2,1-2H3,(H2,25,27,28,29,32);1H. The zero-order chi connectivity index (χ0) is 23.9. The number of aromatic nitrogens is 2. The van der Waals surface area contributed by atoms with E-state index in [0.29, 0.717) is 37.4 Å². The minimum absolute atomic E-state index is 0. The minimum atomic E-state index is -3.54. The van der Waals surface area contributed by atoms with Gasteiger partial charge in [0.2, 0.25) is 11.8 Å². The van der Waals surface area contributed by atoms with Crippen LogP contribution >= 0.6 is 12.4 Å². The molecule has 1 amide bonds. The Bertz CT molecular complexity index is 1360. The predicted octanol–water partition coefficient (Wildman–Crippen LogP) is 3.42. The Morgan fingerprint density at radius 1 is 1.11 bits per heavy atom. The summed E-state index contributed by atoms with van der Waals surface area (Å²) in [6.45, 7) is 6.06. The first kappa shape index (κ1) is 24.9. The third kappa shape index (κ3) is 5.09. The van der Waals surface area contributed by atoms with E-state index < -0.39 is 9.92 Å². The van der Waals surface area contributed by atoms with Crippen LogP contribution in [0.3, 0.4) is 0 Å². The van der Waals surface area contributed by atoms with Crippen molar-refractivity contribution in [3.63, 3.8) is 0 Å². The van der Waals surface area contributed by atoms with Gasteiger partial charge in [-0.3, -0.25) is 9.52 Å². The van der Waals surface area contributed by atoms with Gasteiger partial charge >= 0.3 is 0 Å². The van der Waals surface area contributed by atoms with E-state index in [1.165, 1.54) is 6.07 Å². The average molecular weight is 515 g/mol. The third-order valence-electron chi connectivity index (χ3n) is 6.02. The number of carbonyl (C=O) groups is 1. The average Bonchev–Trinajstić information content (AvgIpc) is 3.03. The molecule has 2 aliphatic heterocycles. The van der Waals surface area contributed by atoms with Crippen LogP contribution < -0.4 is 14.8 Å². The van der Waals surface area contributed by atoms with Crippen molar-refractivity contribution in [2.45, 2.75) is 24.8 Å². The number of amides is 1. The lowest BCUT2D eigenvalue weighted by Gasteiger charge is -2.24. The number of rotatable bonds is 1. The van der Waals surface area contributed by atoms with E-state index in [9.17, 15) is 9.00 Å². The lowest BCUT2D eigenvalue weighted by Crippen LogP contribution is -2.40. The number of halogens is 1. The van der Waals surface area contributed by atoms with Crippen molar-refractivity contribution in [3.05, 3.63) is 65.2 Å². The van der Waals surface area contributed by atoms with Gasteiger partial charge in [0, 0.05) is 36.8 Å². The van der Waals surface area contributed by atoms with Gasteiger partial charge in [0.25, 0.3) is 5.91 Å². The number of ether oxygens (including phenoxy) is 1. The van der Waals surface area contributed by atoms with E-state index >= 15 is 0 Å². The molecule has 2 atom stereocenters. The third-order valence-corrected chi connectivity index (χ3v) is 7.40. The number of hydrogen-bond donors (Lipinski definition) is 3. The summed E-state index contributed by atoms with van der Waals surface area (Å²) in [5.41, 5.74) is 3.97. The van der Waals surface area contributed by atoms with Crippen LogP contribution in [0.4, 0.5) is 5.95 Å². The molecule has 35 heavy (non-hydrogen) atoms. The van der Waals surface area contributed by atoms with E-state index in [0.717, 1.165) is 16.7 Å². The lowest BCUT2D eigenvalue weighted by atomic mass is 10.00. The summed E-state index contributed by atoms with van der Waals surface area (Å²) >= 11 is 0. The molecular formula is C24H27ClN6O3S. The van der Waals surface area contributed by atoms with Gasteiger partial charge in [0.1, 0.15) is 6.10 Å². The van der Waals surface area contributed by atoms with Gasteiger partial charge in [-0.2, -0.15) is 4.98 Å². The Balaban J connectivity index is 0.00000289. The van der Waals surface area contributed by atoms with Gasteiger partial charge in [0.05, 0.1) is 17.1 Å². The zero-order valence-electron chi connectivity index (χ0n) is 19.4. The summed E-state index contributed by atoms with van der Waals surface area (Å²) < 4.78 is 30.9. The number of carbonyl (C=O) groups excluding carboxylic acids is 1. The van der Waals surface area contributed by atoms with Crippen LogP contribution in [0.1, 0.15) is 21.5 Å². The number of benzene rings is 2. The highest BCUT2D eigenvalue weighted by Crippen LogP contribution is 2.30. The first-order valence-corrected chi connectivity index (χ1v) is 12.6. The number of nitrogens with one attached hydrogen (secondary N) is 3. The highest BCUT2D eigenvalue weighted by Gasteiger charge is 2.27. The summed E-state index contributed by atoms with van der Waals surface area (Å²) in [6, 6.07) is 14.1. The summed E-state index contributed by atoms with van der Waals surface area (Å²) in [6.07, 6.45) is -0.343. The number of hydrogen-bond acceptors (Lipinski definition) is 7. The summed E-state index contributed by atoms with van der Waals surface area (Å²) in [4.78, 5) is 24.2. The van der Waals surface area contributed by atoms with Gasteiger partial charge in [-0.05, 0) is 43.2 Å². The Hall–Kier alpha value is -3.21. The summed E-state index contributed by atoms with van der Waals surface area (Å²) in [5, 5.41) is 3.32. The van der Waals surface area contributed by atoms with Crippen molar-refractivity contribution in [2.75, 3.05) is 30.9 Å². The van der Waals surface area contributed by atoms with Gasteiger partial charge in [-0.1, -0.05) is 24.3 Å². The molecule has 0 radical (unpaired) electrons. The van der Waals surface area contributed by atoms with Crippen molar-refractivity contribution in [2.24, 2.45) is 0 Å². The fraction of sp³-hybridized carbons (Fsp3) is 0.292. The fourth-order valence-corrected chi connectivity index (χ4v) is 5.40. The summed E-state index contributed by atoms with van der Waals surface area (Å²) in [7, 11) is -3.54. The van der Waals surface area contributed by atoms with Crippen LogP contribution in [-0.4, -0.2) is 57.3 Å². The molecule has 2 aliphatic rings. The van der Waals surface area contributed by atoms with Crippen LogP contribution in [0, 0.1) is 18.6 Å². The molecule has 0 spiro atoms. The number of fused-ring (bicyclic) bond motifs is 6.